The second-order valence-corrected chi connectivity index (χ2v) is 6.16. The largest absolute Gasteiger partial charge is 0.360 e. The minimum atomic E-state index is -0.179. The van der Waals surface area contributed by atoms with E-state index in [1.165, 1.54) is 11.8 Å². The van der Waals surface area contributed by atoms with Crippen LogP contribution < -0.4 is 5.32 Å². The maximum absolute atomic E-state index is 12.1. The highest BCUT2D eigenvalue weighted by molar-refractivity contribution is 8.00. The van der Waals surface area contributed by atoms with Gasteiger partial charge in [-0.1, -0.05) is 12.1 Å². The SMILES string of the molecule is CCN1CCN(C(=O)CSCC(=O)Nc2cc(C)on2)CC1. The minimum absolute atomic E-state index is 0.103. The van der Waals surface area contributed by atoms with Crippen LogP contribution in [0.25, 0.3) is 0 Å². The Morgan fingerprint density at radius 1 is 1.32 bits per heavy atom. The fourth-order valence-electron chi connectivity index (χ4n) is 2.24. The molecule has 0 bridgehead atoms. The van der Waals surface area contributed by atoms with Crippen LogP contribution in [0.1, 0.15) is 12.7 Å². The number of thioether (sulfide) groups is 1. The van der Waals surface area contributed by atoms with Gasteiger partial charge in [0.05, 0.1) is 11.5 Å². The van der Waals surface area contributed by atoms with Gasteiger partial charge in [0, 0.05) is 32.2 Å². The van der Waals surface area contributed by atoms with E-state index in [1.54, 1.807) is 13.0 Å². The van der Waals surface area contributed by atoms with Crippen molar-refractivity contribution < 1.29 is 14.1 Å². The highest BCUT2D eigenvalue weighted by atomic mass is 32.2. The number of aryl methyl sites for hydroxylation is 1. The van der Waals surface area contributed by atoms with Crippen LogP contribution >= 0.6 is 11.8 Å². The summed E-state index contributed by atoms with van der Waals surface area (Å²) in [5.74, 6) is 1.53. The van der Waals surface area contributed by atoms with Crippen molar-refractivity contribution in [3.8, 4) is 0 Å². The monoisotopic (exact) mass is 326 g/mol. The van der Waals surface area contributed by atoms with E-state index in [2.05, 4.69) is 22.3 Å². The number of aromatic nitrogens is 1. The van der Waals surface area contributed by atoms with Gasteiger partial charge < -0.3 is 19.6 Å². The Balaban J connectivity index is 1.63. The topological polar surface area (TPSA) is 78.7 Å². The maximum Gasteiger partial charge on any atom is 0.235 e. The van der Waals surface area contributed by atoms with Crippen molar-refractivity contribution in [1.29, 1.82) is 0 Å². The number of amides is 2. The molecule has 1 saturated heterocycles. The number of piperazine rings is 1. The highest BCUT2D eigenvalue weighted by Crippen LogP contribution is 2.10. The molecule has 1 aliphatic rings. The van der Waals surface area contributed by atoms with Crippen LogP contribution in [-0.2, 0) is 9.59 Å². The Bertz CT molecular complexity index is 512. The summed E-state index contributed by atoms with van der Waals surface area (Å²) in [6.07, 6.45) is 0. The quantitative estimate of drug-likeness (QED) is 0.834. The number of carbonyl (C=O) groups excluding carboxylic acids is 2. The van der Waals surface area contributed by atoms with E-state index in [-0.39, 0.29) is 17.6 Å². The fraction of sp³-hybridized carbons (Fsp3) is 0.643. The van der Waals surface area contributed by atoms with Crippen molar-refractivity contribution in [3.05, 3.63) is 11.8 Å². The molecule has 8 heteroatoms. The van der Waals surface area contributed by atoms with Crippen molar-refractivity contribution in [1.82, 2.24) is 15.0 Å². The van der Waals surface area contributed by atoms with E-state index in [0.29, 0.717) is 17.3 Å². The molecule has 1 aliphatic heterocycles. The predicted octanol–water partition coefficient (Wildman–Crippen LogP) is 0.819. The van der Waals surface area contributed by atoms with Gasteiger partial charge in [0.25, 0.3) is 0 Å². The number of hydrogen-bond acceptors (Lipinski definition) is 6. The number of carbonyl (C=O) groups is 2. The zero-order valence-electron chi connectivity index (χ0n) is 13.0. The molecule has 1 fully saturated rings. The second kappa shape index (κ2) is 8.19. The third-order valence-electron chi connectivity index (χ3n) is 3.53. The van der Waals surface area contributed by atoms with Crippen molar-refractivity contribution in [2.24, 2.45) is 0 Å². The molecule has 1 aromatic rings. The summed E-state index contributed by atoms with van der Waals surface area (Å²) >= 11 is 1.32. The maximum atomic E-state index is 12.1. The third-order valence-corrected chi connectivity index (χ3v) is 4.44. The molecule has 122 valence electrons. The van der Waals surface area contributed by atoms with Gasteiger partial charge in [-0.25, -0.2) is 0 Å². The second-order valence-electron chi connectivity index (χ2n) is 5.18. The number of hydrogen-bond donors (Lipinski definition) is 1. The molecule has 1 aromatic heterocycles. The molecule has 7 nitrogen and oxygen atoms in total. The van der Waals surface area contributed by atoms with Gasteiger partial charge in [0.2, 0.25) is 11.8 Å². The van der Waals surface area contributed by atoms with Crippen molar-refractivity contribution in [2.75, 3.05) is 49.5 Å². The van der Waals surface area contributed by atoms with Gasteiger partial charge >= 0.3 is 0 Å². The lowest BCUT2D eigenvalue weighted by atomic mass is 10.3. The van der Waals surface area contributed by atoms with Crippen LogP contribution in [0.2, 0.25) is 0 Å². The molecule has 0 radical (unpaired) electrons. The predicted molar refractivity (Wildman–Crippen MR) is 85.9 cm³/mol. The Morgan fingerprint density at radius 3 is 2.64 bits per heavy atom. The molecule has 0 aliphatic carbocycles. The molecule has 0 spiro atoms. The van der Waals surface area contributed by atoms with Crippen LogP contribution in [0, 0.1) is 6.92 Å². The molecule has 0 atom stereocenters. The highest BCUT2D eigenvalue weighted by Gasteiger charge is 2.20. The summed E-state index contributed by atoms with van der Waals surface area (Å²) in [4.78, 5) is 28.0. The lowest BCUT2D eigenvalue weighted by Crippen LogP contribution is -2.49. The molecule has 2 rings (SSSR count). The average Bonchev–Trinajstić information content (AvgIpc) is 2.92. The van der Waals surface area contributed by atoms with E-state index in [9.17, 15) is 9.59 Å². The fourth-order valence-corrected chi connectivity index (χ4v) is 2.96. The van der Waals surface area contributed by atoms with Gasteiger partial charge in [-0.05, 0) is 13.5 Å². The van der Waals surface area contributed by atoms with Crippen LogP contribution in [0.15, 0.2) is 10.6 Å². The van der Waals surface area contributed by atoms with E-state index < -0.39 is 0 Å². The molecule has 1 N–H and O–H groups in total. The van der Waals surface area contributed by atoms with Crippen LogP contribution in [0.4, 0.5) is 5.82 Å². The molecule has 0 unspecified atom stereocenters. The molecule has 2 amide bonds. The smallest absolute Gasteiger partial charge is 0.235 e. The first-order valence-corrected chi connectivity index (χ1v) is 8.55. The molecule has 0 aromatic carbocycles. The summed E-state index contributed by atoms with van der Waals surface area (Å²) in [6.45, 7) is 8.32. The molecule has 0 saturated carbocycles. The Kier molecular flexibility index (Phi) is 6.26. The number of likely N-dealkylation sites (N-methyl/N-ethyl adjacent to an activating group) is 1. The van der Waals surface area contributed by atoms with Gasteiger partial charge in [-0.15, -0.1) is 11.8 Å². The summed E-state index contributed by atoms with van der Waals surface area (Å²) in [5.41, 5.74) is 0. The van der Waals surface area contributed by atoms with Crippen LogP contribution in [0.3, 0.4) is 0 Å². The zero-order valence-corrected chi connectivity index (χ0v) is 13.8. The lowest BCUT2D eigenvalue weighted by Gasteiger charge is -2.34. The van der Waals surface area contributed by atoms with Gasteiger partial charge in [-0.3, -0.25) is 9.59 Å². The van der Waals surface area contributed by atoms with Crippen molar-refractivity contribution >= 4 is 29.4 Å². The summed E-state index contributed by atoms with van der Waals surface area (Å²) < 4.78 is 4.87. The first-order valence-electron chi connectivity index (χ1n) is 7.39. The number of nitrogens with one attached hydrogen (secondary N) is 1. The van der Waals surface area contributed by atoms with E-state index in [1.807, 2.05) is 4.90 Å². The van der Waals surface area contributed by atoms with E-state index >= 15 is 0 Å². The van der Waals surface area contributed by atoms with Crippen LogP contribution in [-0.4, -0.2) is 71.0 Å². The van der Waals surface area contributed by atoms with E-state index in [0.717, 1.165) is 32.7 Å². The van der Waals surface area contributed by atoms with Crippen molar-refractivity contribution in [3.63, 3.8) is 0 Å². The lowest BCUT2D eigenvalue weighted by molar-refractivity contribution is -0.130. The Hall–Kier alpha value is -1.54. The number of rotatable bonds is 6. The zero-order chi connectivity index (χ0) is 15.9. The van der Waals surface area contributed by atoms with Gasteiger partial charge in [-0.2, -0.15) is 0 Å². The summed E-state index contributed by atoms with van der Waals surface area (Å²) in [5, 5.41) is 6.32. The minimum Gasteiger partial charge on any atom is -0.360 e. The third kappa shape index (κ3) is 5.03. The first-order chi connectivity index (χ1) is 10.6. The normalized spacial score (nSPS) is 15.8. The Labute approximate surface area is 134 Å². The summed E-state index contributed by atoms with van der Waals surface area (Å²) in [6, 6.07) is 1.65. The molecule has 22 heavy (non-hydrogen) atoms. The van der Waals surface area contributed by atoms with Gasteiger partial charge in [0.15, 0.2) is 5.82 Å². The first kappa shape index (κ1) is 16.8. The van der Waals surface area contributed by atoms with E-state index in [4.69, 9.17) is 4.52 Å². The van der Waals surface area contributed by atoms with Crippen LogP contribution in [0.5, 0.6) is 0 Å². The summed E-state index contributed by atoms with van der Waals surface area (Å²) in [7, 11) is 0. The van der Waals surface area contributed by atoms with Crippen molar-refractivity contribution in [2.45, 2.75) is 13.8 Å². The Morgan fingerprint density at radius 2 is 2.05 bits per heavy atom. The number of anilines is 1. The molecular formula is C14H22N4O3S. The molecular weight excluding hydrogens is 304 g/mol. The number of nitrogens with zero attached hydrogens (tertiary/aromatic N) is 3. The average molecular weight is 326 g/mol. The standard InChI is InChI=1S/C14H22N4O3S/c1-3-17-4-6-18(7-5-17)14(20)10-22-9-13(19)15-12-8-11(2)21-16-12/h8H,3-7,9-10H2,1-2H3,(H,15,16,19). The molecule has 2 heterocycles. The van der Waals surface area contributed by atoms with Gasteiger partial charge in [0.1, 0.15) is 5.76 Å².